The number of hydrogen-bond donors (Lipinski definition) is 1. The van der Waals surface area contributed by atoms with Crippen LogP contribution in [0.1, 0.15) is 16.7 Å². The largest absolute Gasteiger partial charge is 0.376 e. The van der Waals surface area contributed by atoms with Gasteiger partial charge in [0.05, 0.1) is 16.7 Å². The first-order chi connectivity index (χ1) is 17.7. The number of fused-ring (bicyclic) bond motifs is 1. The Labute approximate surface area is 214 Å². The molecule has 0 atom stereocenters. The number of aromatic nitrogens is 2. The number of benzene rings is 5. The molecule has 0 amide bonds. The van der Waals surface area contributed by atoms with Crippen LogP contribution in [-0.4, -0.2) is 14.7 Å². The molecule has 36 heavy (non-hydrogen) atoms. The molecule has 0 spiro atoms. The summed E-state index contributed by atoms with van der Waals surface area (Å²) < 4.78 is 2.12. The van der Waals surface area contributed by atoms with E-state index < -0.39 is 5.60 Å². The monoisotopic (exact) mass is 486 g/mol. The molecule has 6 aromatic rings. The summed E-state index contributed by atoms with van der Waals surface area (Å²) in [5.74, 6) is 0.795. The fourth-order valence-corrected chi connectivity index (χ4v) is 5.05. The highest BCUT2D eigenvalue weighted by atomic mass is 35.5. The van der Waals surface area contributed by atoms with Crippen LogP contribution in [0.4, 0.5) is 0 Å². The molecule has 1 aromatic heterocycles. The molecule has 3 nitrogen and oxygen atoms in total. The van der Waals surface area contributed by atoms with E-state index in [4.69, 9.17) is 16.6 Å². The summed E-state index contributed by atoms with van der Waals surface area (Å²) in [5.41, 5.74) is 4.34. The number of aliphatic hydroxyl groups is 1. The fourth-order valence-electron chi connectivity index (χ4n) is 4.88. The molecule has 4 heteroatoms. The Morgan fingerprint density at radius 2 is 1.19 bits per heavy atom. The van der Waals surface area contributed by atoms with E-state index in [9.17, 15) is 5.11 Å². The predicted molar refractivity (Wildman–Crippen MR) is 147 cm³/mol. The lowest BCUT2D eigenvalue weighted by Crippen LogP contribution is -2.30. The molecule has 0 aliphatic rings. The Hall–Kier alpha value is -4.18. The van der Waals surface area contributed by atoms with E-state index in [1.807, 2.05) is 127 Å². The molecule has 0 aliphatic heterocycles. The minimum absolute atomic E-state index is 0.546. The summed E-state index contributed by atoms with van der Waals surface area (Å²) in [6, 6.07) is 43.3. The van der Waals surface area contributed by atoms with E-state index in [0.717, 1.165) is 39.2 Å². The molecule has 0 radical (unpaired) electrons. The first kappa shape index (κ1) is 22.3. The van der Waals surface area contributed by atoms with Gasteiger partial charge in [0.1, 0.15) is 11.4 Å². The second-order valence-electron chi connectivity index (χ2n) is 8.73. The average Bonchev–Trinajstić information content (AvgIpc) is 3.33. The first-order valence-electron chi connectivity index (χ1n) is 11.8. The van der Waals surface area contributed by atoms with Gasteiger partial charge in [0.2, 0.25) is 0 Å². The molecule has 0 unspecified atom stereocenters. The summed E-state index contributed by atoms with van der Waals surface area (Å²) in [7, 11) is 0. The first-order valence-corrected chi connectivity index (χ1v) is 12.2. The summed E-state index contributed by atoms with van der Waals surface area (Å²) in [6.07, 6.45) is 0. The number of imidazole rings is 1. The van der Waals surface area contributed by atoms with Gasteiger partial charge in [-0.15, -0.1) is 0 Å². The van der Waals surface area contributed by atoms with Gasteiger partial charge >= 0.3 is 0 Å². The van der Waals surface area contributed by atoms with Crippen molar-refractivity contribution in [3.05, 3.63) is 155 Å². The van der Waals surface area contributed by atoms with Gasteiger partial charge in [-0.25, -0.2) is 4.98 Å². The van der Waals surface area contributed by atoms with E-state index in [-0.39, 0.29) is 0 Å². The molecular formula is C32H23ClN2O. The zero-order valence-electron chi connectivity index (χ0n) is 19.4. The van der Waals surface area contributed by atoms with Gasteiger partial charge < -0.3 is 5.11 Å². The summed E-state index contributed by atoms with van der Waals surface area (Å²) in [4.78, 5) is 5.00. The van der Waals surface area contributed by atoms with Crippen LogP contribution in [-0.2, 0) is 5.60 Å². The summed E-state index contributed by atoms with van der Waals surface area (Å²) >= 11 is 6.60. The van der Waals surface area contributed by atoms with Crippen molar-refractivity contribution in [3.8, 4) is 17.1 Å². The van der Waals surface area contributed by atoms with Crippen LogP contribution in [0.25, 0.3) is 28.1 Å². The van der Waals surface area contributed by atoms with E-state index in [2.05, 4.69) is 10.6 Å². The van der Waals surface area contributed by atoms with Gasteiger partial charge in [0.15, 0.2) is 0 Å². The molecule has 6 rings (SSSR count). The molecule has 0 fully saturated rings. The third-order valence-electron chi connectivity index (χ3n) is 6.57. The van der Waals surface area contributed by atoms with Gasteiger partial charge in [-0.1, -0.05) is 115 Å². The van der Waals surface area contributed by atoms with Crippen molar-refractivity contribution in [3.63, 3.8) is 0 Å². The van der Waals surface area contributed by atoms with Crippen molar-refractivity contribution in [1.29, 1.82) is 0 Å². The Bertz CT molecular complexity index is 1600. The predicted octanol–water partition coefficient (Wildman–Crippen LogP) is 7.63. The van der Waals surface area contributed by atoms with Crippen molar-refractivity contribution < 1.29 is 5.11 Å². The van der Waals surface area contributed by atoms with E-state index in [0.29, 0.717) is 10.6 Å². The van der Waals surface area contributed by atoms with Crippen LogP contribution >= 0.6 is 11.6 Å². The maximum Gasteiger partial charge on any atom is 0.145 e. The number of para-hydroxylation sites is 2. The molecule has 5 aromatic carbocycles. The Kier molecular flexibility index (Phi) is 5.65. The topological polar surface area (TPSA) is 38.0 Å². The van der Waals surface area contributed by atoms with Crippen LogP contribution < -0.4 is 0 Å². The lowest BCUT2D eigenvalue weighted by atomic mass is 9.79. The van der Waals surface area contributed by atoms with Gasteiger partial charge in [-0.05, 0) is 41.5 Å². The zero-order chi connectivity index (χ0) is 24.5. The van der Waals surface area contributed by atoms with E-state index >= 15 is 0 Å². The quantitative estimate of drug-likeness (QED) is 0.254. The highest BCUT2D eigenvalue weighted by Crippen LogP contribution is 2.42. The van der Waals surface area contributed by atoms with E-state index in [1.54, 1.807) is 0 Å². The number of halogens is 1. The molecule has 174 valence electrons. The van der Waals surface area contributed by atoms with Crippen molar-refractivity contribution >= 4 is 22.6 Å². The number of nitrogens with zero attached hydrogens (tertiary/aromatic N) is 2. The second-order valence-corrected chi connectivity index (χ2v) is 9.17. The number of rotatable bonds is 5. The lowest BCUT2D eigenvalue weighted by Gasteiger charge is -2.32. The van der Waals surface area contributed by atoms with E-state index in [1.165, 1.54) is 0 Å². The molecular weight excluding hydrogens is 464 g/mol. The summed E-state index contributed by atoms with van der Waals surface area (Å²) in [6.45, 7) is 0. The molecule has 0 aliphatic carbocycles. The number of hydrogen-bond acceptors (Lipinski definition) is 2. The highest BCUT2D eigenvalue weighted by molar-refractivity contribution is 6.30. The highest BCUT2D eigenvalue weighted by Gasteiger charge is 2.37. The Morgan fingerprint density at radius 1 is 0.639 bits per heavy atom. The van der Waals surface area contributed by atoms with Crippen molar-refractivity contribution in [1.82, 2.24) is 9.55 Å². The molecule has 0 saturated carbocycles. The van der Waals surface area contributed by atoms with Crippen molar-refractivity contribution in [2.45, 2.75) is 5.60 Å². The lowest BCUT2D eigenvalue weighted by molar-refractivity contribution is 0.125. The van der Waals surface area contributed by atoms with Crippen molar-refractivity contribution in [2.75, 3.05) is 0 Å². The Balaban J connectivity index is 1.72. The molecule has 1 heterocycles. The van der Waals surface area contributed by atoms with Gasteiger partial charge in [0, 0.05) is 16.1 Å². The van der Waals surface area contributed by atoms with Gasteiger partial charge in [-0.2, -0.15) is 0 Å². The maximum atomic E-state index is 12.7. The fraction of sp³-hybridized carbons (Fsp3) is 0.0312. The standard InChI is InChI=1S/C32H23ClN2O/c33-26-20-21-29(35-30-19-11-10-18-28(30)34-31(35)23-12-4-1-5-13-23)27(22-26)32(36,24-14-6-2-7-15-24)25-16-8-3-9-17-25/h1-22,36H. The third-order valence-corrected chi connectivity index (χ3v) is 6.80. The third kappa shape index (κ3) is 3.70. The zero-order valence-corrected chi connectivity index (χ0v) is 20.2. The second kappa shape index (κ2) is 9.12. The maximum absolute atomic E-state index is 12.7. The normalized spacial score (nSPS) is 11.6. The van der Waals surface area contributed by atoms with Gasteiger partial charge in [-0.3, -0.25) is 4.57 Å². The molecule has 0 bridgehead atoms. The van der Waals surface area contributed by atoms with Crippen LogP contribution in [0.15, 0.2) is 133 Å². The molecule has 1 N–H and O–H groups in total. The van der Waals surface area contributed by atoms with Gasteiger partial charge in [0.25, 0.3) is 0 Å². The minimum Gasteiger partial charge on any atom is -0.376 e. The SMILES string of the molecule is OC(c1ccccc1)(c1ccccc1)c1cc(Cl)ccc1-n1c(-c2ccccc2)nc2ccccc21. The Morgan fingerprint density at radius 3 is 1.83 bits per heavy atom. The van der Waals surface area contributed by atoms with Crippen LogP contribution in [0.5, 0.6) is 0 Å². The average molecular weight is 487 g/mol. The smallest absolute Gasteiger partial charge is 0.145 e. The summed E-state index contributed by atoms with van der Waals surface area (Å²) in [5, 5.41) is 13.2. The molecule has 0 saturated heterocycles. The van der Waals surface area contributed by atoms with Crippen LogP contribution in [0.3, 0.4) is 0 Å². The van der Waals surface area contributed by atoms with Crippen molar-refractivity contribution in [2.24, 2.45) is 0 Å². The minimum atomic E-state index is -1.46. The van der Waals surface area contributed by atoms with Crippen LogP contribution in [0, 0.1) is 0 Å². The van der Waals surface area contributed by atoms with Crippen LogP contribution in [0.2, 0.25) is 5.02 Å².